The SMILES string of the molecule is O=C(O)c1ncccc1NC1CCCc2ccccc21. The number of anilines is 1. The summed E-state index contributed by atoms with van der Waals surface area (Å²) in [5, 5.41) is 12.5. The standard InChI is InChI=1S/C16H16N2O2/c19-16(20)15-14(9-4-10-17-15)18-13-8-3-6-11-5-1-2-7-12(11)13/h1-2,4-5,7,9-10,13,18H,3,6,8H2,(H,19,20). The van der Waals surface area contributed by atoms with Gasteiger partial charge < -0.3 is 10.4 Å². The first-order chi connectivity index (χ1) is 9.75. The number of pyridine rings is 1. The van der Waals surface area contributed by atoms with E-state index in [2.05, 4.69) is 22.4 Å². The lowest BCUT2D eigenvalue weighted by molar-refractivity contribution is 0.0691. The van der Waals surface area contributed by atoms with E-state index in [1.54, 1.807) is 12.1 Å². The zero-order valence-corrected chi connectivity index (χ0v) is 11.0. The van der Waals surface area contributed by atoms with E-state index < -0.39 is 5.97 Å². The summed E-state index contributed by atoms with van der Waals surface area (Å²) in [6.07, 6.45) is 4.71. The predicted molar refractivity (Wildman–Crippen MR) is 76.9 cm³/mol. The summed E-state index contributed by atoms with van der Waals surface area (Å²) < 4.78 is 0. The van der Waals surface area contributed by atoms with Crippen molar-refractivity contribution in [3.05, 3.63) is 59.4 Å². The van der Waals surface area contributed by atoms with Gasteiger partial charge in [-0.1, -0.05) is 24.3 Å². The molecule has 102 valence electrons. The van der Waals surface area contributed by atoms with E-state index in [0.29, 0.717) is 5.69 Å². The van der Waals surface area contributed by atoms with Crippen molar-refractivity contribution in [1.29, 1.82) is 0 Å². The number of aryl methyl sites for hydroxylation is 1. The van der Waals surface area contributed by atoms with Gasteiger partial charge in [-0.15, -0.1) is 0 Å². The number of benzene rings is 1. The van der Waals surface area contributed by atoms with Crippen LogP contribution in [0.4, 0.5) is 5.69 Å². The van der Waals surface area contributed by atoms with E-state index in [9.17, 15) is 9.90 Å². The largest absolute Gasteiger partial charge is 0.476 e. The number of hydrogen-bond donors (Lipinski definition) is 2. The monoisotopic (exact) mass is 268 g/mol. The molecule has 1 aliphatic rings. The minimum absolute atomic E-state index is 0.0792. The summed E-state index contributed by atoms with van der Waals surface area (Å²) in [5.41, 5.74) is 3.27. The van der Waals surface area contributed by atoms with E-state index in [1.165, 1.54) is 17.3 Å². The van der Waals surface area contributed by atoms with Gasteiger partial charge >= 0.3 is 5.97 Å². The molecule has 0 bridgehead atoms. The number of nitrogens with one attached hydrogen (secondary N) is 1. The Bertz CT molecular complexity index is 640. The number of carboxylic acid groups (broad SMARTS) is 1. The first-order valence-electron chi connectivity index (χ1n) is 6.78. The maximum absolute atomic E-state index is 11.2. The molecule has 4 heteroatoms. The fourth-order valence-electron chi connectivity index (χ4n) is 2.78. The van der Waals surface area contributed by atoms with Gasteiger partial charge in [0, 0.05) is 6.20 Å². The average molecular weight is 268 g/mol. The van der Waals surface area contributed by atoms with Crippen molar-refractivity contribution in [3.63, 3.8) is 0 Å². The van der Waals surface area contributed by atoms with E-state index >= 15 is 0 Å². The van der Waals surface area contributed by atoms with Gasteiger partial charge in [-0.3, -0.25) is 0 Å². The molecule has 0 amide bonds. The zero-order valence-electron chi connectivity index (χ0n) is 11.0. The van der Waals surface area contributed by atoms with Crippen LogP contribution in [-0.4, -0.2) is 16.1 Å². The molecule has 20 heavy (non-hydrogen) atoms. The first-order valence-corrected chi connectivity index (χ1v) is 6.78. The van der Waals surface area contributed by atoms with Gasteiger partial charge in [0.25, 0.3) is 0 Å². The lowest BCUT2D eigenvalue weighted by Gasteiger charge is -2.27. The van der Waals surface area contributed by atoms with Gasteiger partial charge in [-0.25, -0.2) is 9.78 Å². The Kier molecular flexibility index (Phi) is 3.37. The van der Waals surface area contributed by atoms with Crippen LogP contribution in [0, 0.1) is 0 Å². The molecule has 0 aliphatic heterocycles. The highest BCUT2D eigenvalue weighted by Gasteiger charge is 2.21. The molecule has 3 rings (SSSR count). The van der Waals surface area contributed by atoms with Gasteiger partial charge in [-0.05, 0) is 42.5 Å². The Hall–Kier alpha value is -2.36. The lowest BCUT2D eigenvalue weighted by Crippen LogP contribution is -2.19. The number of aromatic carboxylic acids is 1. The molecule has 1 heterocycles. The van der Waals surface area contributed by atoms with Crippen LogP contribution in [0.25, 0.3) is 0 Å². The van der Waals surface area contributed by atoms with Crippen LogP contribution >= 0.6 is 0 Å². The number of aromatic nitrogens is 1. The molecule has 4 nitrogen and oxygen atoms in total. The third-order valence-electron chi connectivity index (χ3n) is 3.71. The Labute approximate surface area is 117 Å². The van der Waals surface area contributed by atoms with Crippen molar-refractivity contribution in [2.24, 2.45) is 0 Å². The van der Waals surface area contributed by atoms with E-state index in [1.807, 2.05) is 12.1 Å². The second kappa shape index (κ2) is 5.33. The zero-order chi connectivity index (χ0) is 13.9. The van der Waals surface area contributed by atoms with E-state index in [4.69, 9.17) is 0 Å². The number of nitrogens with zero attached hydrogens (tertiary/aromatic N) is 1. The van der Waals surface area contributed by atoms with Crippen LogP contribution in [0.1, 0.15) is 40.5 Å². The second-order valence-electron chi connectivity index (χ2n) is 4.99. The van der Waals surface area contributed by atoms with Crippen molar-refractivity contribution in [2.75, 3.05) is 5.32 Å². The van der Waals surface area contributed by atoms with Crippen LogP contribution in [-0.2, 0) is 6.42 Å². The molecule has 1 atom stereocenters. The van der Waals surface area contributed by atoms with Crippen LogP contribution in [0.15, 0.2) is 42.6 Å². The fraction of sp³-hybridized carbons (Fsp3) is 0.250. The average Bonchev–Trinajstić information content (AvgIpc) is 2.48. The molecule has 0 spiro atoms. The van der Waals surface area contributed by atoms with Gasteiger partial charge in [0.2, 0.25) is 0 Å². The fourth-order valence-corrected chi connectivity index (χ4v) is 2.78. The van der Waals surface area contributed by atoms with Crippen LogP contribution < -0.4 is 5.32 Å². The molecule has 0 radical (unpaired) electrons. The molecule has 1 aromatic heterocycles. The topological polar surface area (TPSA) is 62.2 Å². The summed E-state index contributed by atoms with van der Waals surface area (Å²) in [5.74, 6) is -1.00. The van der Waals surface area contributed by atoms with Crippen molar-refractivity contribution in [2.45, 2.75) is 25.3 Å². The highest BCUT2D eigenvalue weighted by Crippen LogP contribution is 2.32. The summed E-state index contributed by atoms with van der Waals surface area (Å²) in [6, 6.07) is 12.0. The normalized spacial score (nSPS) is 17.3. The smallest absolute Gasteiger partial charge is 0.356 e. The predicted octanol–water partition coefficient (Wildman–Crippen LogP) is 3.27. The molecule has 0 saturated carbocycles. The highest BCUT2D eigenvalue weighted by molar-refractivity contribution is 5.91. The van der Waals surface area contributed by atoms with Crippen molar-refractivity contribution >= 4 is 11.7 Å². The number of rotatable bonds is 3. The molecule has 0 fully saturated rings. The van der Waals surface area contributed by atoms with E-state index in [0.717, 1.165) is 19.3 Å². The van der Waals surface area contributed by atoms with Crippen molar-refractivity contribution < 1.29 is 9.90 Å². The van der Waals surface area contributed by atoms with Crippen LogP contribution in [0.3, 0.4) is 0 Å². The molecule has 2 N–H and O–H groups in total. The first kappa shape index (κ1) is 12.7. The Balaban J connectivity index is 1.92. The summed E-state index contributed by atoms with van der Waals surface area (Å²) in [4.78, 5) is 15.1. The van der Waals surface area contributed by atoms with Crippen molar-refractivity contribution in [3.8, 4) is 0 Å². The number of hydrogen-bond acceptors (Lipinski definition) is 3. The van der Waals surface area contributed by atoms with Crippen LogP contribution in [0.5, 0.6) is 0 Å². The molecule has 1 unspecified atom stereocenters. The maximum atomic E-state index is 11.2. The molecular weight excluding hydrogens is 252 g/mol. The highest BCUT2D eigenvalue weighted by atomic mass is 16.4. The van der Waals surface area contributed by atoms with Gasteiger partial charge in [0.15, 0.2) is 5.69 Å². The number of fused-ring (bicyclic) bond motifs is 1. The van der Waals surface area contributed by atoms with Gasteiger partial charge in [-0.2, -0.15) is 0 Å². The third kappa shape index (κ3) is 2.37. The molecule has 1 aliphatic carbocycles. The van der Waals surface area contributed by atoms with Gasteiger partial charge in [0.05, 0.1) is 11.7 Å². The Morgan fingerprint density at radius 3 is 2.95 bits per heavy atom. The molecule has 0 saturated heterocycles. The Morgan fingerprint density at radius 2 is 2.10 bits per heavy atom. The second-order valence-corrected chi connectivity index (χ2v) is 4.99. The third-order valence-corrected chi connectivity index (χ3v) is 3.71. The number of carbonyl (C=O) groups is 1. The summed E-state index contributed by atoms with van der Waals surface area (Å²) >= 11 is 0. The summed E-state index contributed by atoms with van der Waals surface area (Å²) in [7, 11) is 0. The van der Waals surface area contributed by atoms with Gasteiger partial charge in [0.1, 0.15) is 0 Å². The molecule has 2 aromatic rings. The van der Waals surface area contributed by atoms with E-state index in [-0.39, 0.29) is 11.7 Å². The minimum atomic E-state index is -1.00. The minimum Gasteiger partial charge on any atom is -0.476 e. The lowest BCUT2D eigenvalue weighted by atomic mass is 9.87. The molecule has 1 aromatic carbocycles. The van der Waals surface area contributed by atoms with Crippen LogP contribution in [0.2, 0.25) is 0 Å². The number of carboxylic acids is 1. The molecular formula is C16H16N2O2. The maximum Gasteiger partial charge on any atom is 0.356 e. The summed E-state index contributed by atoms with van der Waals surface area (Å²) in [6.45, 7) is 0. The Morgan fingerprint density at radius 1 is 1.25 bits per heavy atom. The quantitative estimate of drug-likeness (QED) is 0.896. The van der Waals surface area contributed by atoms with Crippen molar-refractivity contribution in [1.82, 2.24) is 4.98 Å².